The Kier molecular flexibility index (Phi) is 35.7. The predicted molar refractivity (Wildman–Crippen MR) is 250 cm³/mol. The molecular formula is C47H90O16P2. The standard InChI is InChI=1S/C47H90O16P2/c1-4-6-21-27-39(48)31-32-43-42(44(50)33-45(43)51)28-23-19-20-25-30-47(53)63-41(37-62-65(57,58)61-35-40(49)34-60-64(54,55)56)36-59-46(52)29-24-18-16-14-12-10-8-7-9-11-13-15-17-22-26-38(3)5-2/h31-32,38-45,48-51H,4-30,33-37H2,1-3H3,(H,57,58)(H2,54,55,56)/b32-31+/t38?,39-,40-,41+,42+,43+,44-,45+/m0/s1. The van der Waals surface area contributed by atoms with Gasteiger partial charge in [0.05, 0.1) is 38.1 Å². The minimum absolute atomic E-state index is 0.00822. The quantitative estimate of drug-likeness (QED) is 0.0130. The Morgan fingerprint density at radius 1 is 0.631 bits per heavy atom. The summed E-state index contributed by atoms with van der Waals surface area (Å²) in [5.41, 5.74) is 0. The van der Waals surface area contributed by atoms with Gasteiger partial charge in [-0.15, -0.1) is 0 Å². The van der Waals surface area contributed by atoms with Crippen LogP contribution in [0, 0.1) is 17.8 Å². The highest BCUT2D eigenvalue weighted by Crippen LogP contribution is 2.44. The summed E-state index contributed by atoms with van der Waals surface area (Å²) < 4.78 is 48.0. The maximum atomic E-state index is 12.8. The van der Waals surface area contributed by atoms with E-state index < -0.39 is 84.5 Å². The van der Waals surface area contributed by atoms with Crippen LogP contribution in [0.1, 0.15) is 201 Å². The van der Waals surface area contributed by atoms with Crippen molar-refractivity contribution in [2.24, 2.45) is 17.8 Å². The highest BCUT2D eigenvalue weighted by Gasteiger charge is 2.39. The summed E-state index contributed by atoms with van der Waals surface area (Å²) in [5.74, 6) is -0.696. The Morgan fingerprint density at radius 3 is 1.71 bits per heavy atom. The molecule has 1 aliphatic rings. The van der Waals surface area contributed by atoms with Crippen LogP contribution in [0.3, 0.4) is 0 Å². The zero-order valence-electron chi connectivity index (χ0n) is 40.1. The molecule has 0 radical (unpaired) electrons. The molecule has 0 heterocycles. The minimum Gasteiger partial charge on any atom is -0.462 e. The molecule has 2 unspecified atom stereocenters. The van der Waals surface area contributed by atoms with E-state index in [1.807, 2.05) is 6.08 Å². The molecule has 16 nitrogen and oxygen atoms in total. The molecule has 1 rings (SSSR count). The number of phosphoric acid groups is 2. The maximum absolute atomic E-state index is 12.8. The van der Waals surface area contributed by atoms with Crippen molar-refractivity contribution >= 4 is 27.6 Å². The second kappa shape index (κ2) is 37.6. The summed E-state index contributed by atoms with van der Waals surface area (Å²) in [6, 6.07) is 0. The van der Waals surface area contributed by atoms with Gasteiger partial charge < -0.3 is 44.6 Å². The first-order valence-electron chi connectivity index (χ1n) is 25.0. The highest BCUT2D eigenvalue weighted by molar-refractivity contribution is 7.47. The van der Waals surface area contributed by atoms with Crippen molar-refractivity contribution in [1.82, 2.24) is 0 Å². The Balaban J connectivity index is 2.47. The van der Waals surface area contributed by atoms with E-state index in [1.165, 1.54) is 77.0 Å². The number of esters is 2. The van der Waals surface area contributed by atoms with Crippen LogP contribution in [-0.2, 0) is 41.8 Å². The van der Waals surface area contributed by atoms with Gasteiger partial charge in [0, 0.05) is 25.2 Å². The van der Waals surface area contributed by atoms with Gasteiger partial charge in [-0.1, -0.05) is 168 Å². The Bertz CT molecular complexity index is 1330. The molecule has 1 fully saturated rings. The third-order valence-electron chi connectivity index (χ3n) is 12.3. The van der Waals surface area contributed by atoms with Crippen molar-refractivity contribution in [1.29, 1.82) is 0 Å². The third kappa shape index (κ3) is 34.6. The summed E-state index contributed by atoms with van der Waals surface area (Å²) in [7, 11) is -9.76. The third-order valence-corrected chi connectivity index (χ3v) is 13.7. The summed E-state index contributed by atoms with van der Waals surface area (Å²) in [4.78, 5) is 53.1. The van der Waals surface area contributed by atoms with Gasteiger partial charge in [-0.25, -0.2) is 9.13 Å². The monoisotopic (exact) mass is 973 g/mol. The number of unbranched alkanes of at least 4 members (excludes halogenated alkanes) is 18. The summed E-state index contributed by atoms with van der Waals surface area (Å²) in [6.45, 7) is 3.82. The fourth-order valence-corrected chi connectivity index (χ4v) is 9.22. The van der Waals surface area contributed by atoms with Gasteiger partial charge >= 0.3 is 27.6 Å². The summed E-state index contributed by atoms with van der Waals surface area (Å²) >= 11 is 0. The van der Waals surface area contributed by atoms with Crippen molar-refractivity contribution in [3.8, 4) is 0 Å². The van der Waals surface area contributed by atoms with E-state index in [0.29, 0.717) is 32.1 Å². The molecule has 18 heteroatoms. The van der Waals surface area contributed by atoms with Gasteiger partial charge in [-0.05, 0) is 37.5 Å². The fraction of sp³-hybridized carbons (Fsp3) is 0.915. The van der Waals surface area contributed by atoms with E-state index in [9.17, 15) is 44.0 Å². The van der Waals surface area contributed by atoms with E-state index in [-0.39, 0.29) is 31.1 Å². The molecule has 9 atom stereocenters. The average Bonchev–Trinajstić information content (AvgIpc) is 3.53. The average molecular weight is 973 g/mol. The number of carbonyl (C=O) groups is 2. The van der Waals surface area contributed by atoms with Gasteiger partial charge in [-0.2, -0.15) is 0 Å². The molecule has 1 aliphatic carbocycles. The number of hydrogen-bond acceptors (Lipinski definition) is 13. The molecule has 0 bridgehead atoms. The number of carbonyl (C=O) groups excluding carboxylic acids is 2. The summed E-state index contributed by atoms with van der Waals surface area (Å²) in [6.07, 6.45) is 25.4. The van der Waals surface area contributed by atoms with Crippen LogP contribution >= 0.6 is 15.6 Å². The molecule has 7 N–H and O–H groups in total. The van der Waals surface area contributed by atoms with Crippen molar-refractivity contribution in [2.45, 2.75) is 231 Å². The molecule has 0 aromatic carbocycles. The van der Waals surface area contributed by atoms with Crippen molar-refractivity contribution in [3.63, 3.8) is 0 Å². The SMILES string of the molecule is CCCCC[C@H](O)/C=C/[C@@H]1[C@@H](CCCCCCC(=O)O[C@H](COC(=O)CCCCCCCCCCCCCCCCC(C)CC)COP(=O)(O)OC[C@@H](O)COP(=O)(O)O)[C@@H](O)C[C@H]1O. The molecule has 0 amide bonds. The lowest BCUT2D eigenvalue weighted by Crippen LogP contribution is -2.30. The summed E-state index contributed by atoms with van der Waals surface area (Å²) in [5, 5.41) is 41.3. The lowest BCUT2D eigenvalue weighted by Gasteiger charge is -2.21. The number of hydrogen-bond donors (Lipinski definition) is 7. The van der Waals surface area contributed by atoms with E-state index in [4.69, 9.17) is 28.3 Å². The first-order valence-corrected chi connectivity index (χ1v) is 28.1. The number of rotatable bonds is 43. The molecule has 1 saturated carbocycles. The first-order chi connectivity index (χ1) is 31.0. The van der Waals surface area contributed by atoms with Crippen molar-refractivity contribution < 1.29 is 76.9 Å². The van der Waals surface area contributed by atoms with Crippen LogP contribution in [0.25, 0.3) is 0 Å². The topological polar surface area (TPSA) is 256 Å². The normalized spacial score (nSPS) is 20.7. The van der Waals surface area contributed by atoms with Crippen LogP contribution in [0.2, 0.25) is 0 Å². The number of ether oxygens (including phenoxy) is 2. The first kappa shape index (κ1) is 61.8. The molecule has 0 spiro atoms. The van der Waals surface area contributed by atoms with E-state index >= 15 is 0 Å². The predicted octanol–water partition coefficient (Wildman–Crippen LogP) is 9.53. The van der Waals surface area contributed by atoms with Crippen LogP contribution in [-0.4, -0.2) is 104 Å². The van der Waals surface area contributed by atoms with E-state index in [1.54, 1.807) is 6.08 Å². The van der Waals surface area contributed by atoms with Gasteiger partial charge in [0.2, 0.25) is 0 Å². The van der Waals surface area contributed by atoms with Crippen LogP contribution < -0.4 is 0 Å². The smallest absolute Gasteiger partial charge is 0.462 e. The van der Waals surface area contributed by atoms with Gasteiger partial charge in [0.1, 0.15) is 12.7 Å². The molecule has 0 aromatic rings. The van der Waals surface area contributed by atoms with Crippen LogP contribution in [0.15, 0.2) is 12.2 Å². The van der Waals surface area contributed by atoms with E-state index in [0.717, 1.165) is 57.3 Å². The molecule has 384 valence electrons. The minimum atomic E-state index is -4.89. The van der Waals surface area contributed by atoms with Crippen molar-refractivity contribution in [2.75, 3.05) is 26.4 Å². The lowest BCUT2D eigenvalue weighted by atomic mass is 9.88. The molecular weight excluding hydrogens is 882 g/mol. The van der Waals surface area contributed by atoms with Gasteiger partial charge in [0.15, 0.2) is 6.10 Å². The zero-order chi connectivity index (χ0) is 48.4. The Hall–Kier alpha value is -1.26. The number of aliphatic hydroxyl groups is 4. The molecule has 0 aromatic heterocycles. The molecule has 0 saturated heterocycles. The maximum Gasteiger partial charge on any atom is 0.472 e. The second-order valence-corrected chi connectivity index (χ2v) is 21.0. The Morgan fingerprint density at radius 2 is 1.14 bits per heavy atom. The van der Waals surface area contributed by atoms with Crippen molar-refractivity contribution in [3.05, 3.63) is 12.2 Å². The number of phosphoric ester groups is 2. The highest BCUT2D eigenvalue weighted by atomic mass is 31.2. The van der Waals surface area contributed by atoms with E-state index in [2.05, 4.69) is 25.3 Å². The zero-order valence-corrected chi connectivity index (χ0v) is 41.9. The largest absolute Gasteiger partial charge is 0.472 e. The second-order valence-electron chi connectivity index (χ2n) is 18.3. The Labute approximate surface area is 390 Å². The van der Waals surface area contributed by atoms with Gasteiger partial charge in [0.25, 0.3) is 0 Å². The molecule has 0 aliphatic heterocycles. The fourth-order valence-electron chi connectivity index (χ4n) is 8.07. The molecule has 65 heavy (non-hydrogen) atoms. The lowest BCUT2D eigenvalue weighted by molar-refractivity contribution is -0.161. The number of aliphatic hydroxyl groups excluding tert-OH is 4. The van der Waals surface area contributed by atoms with Gasteiger partial charge in [-0.3, -0.25) is 23.2 Å². The van der Waals surface area contributed by atoms with Crippen LogP contribution in [0.4, 0.5) is 0 Å². The van der Waals surface area contributed by atoms with Crippen LogP contribution in [0.5, 0.6) is 0 Å².